The molecular formula is C28H32N2O2S2. The Balaban J connectivity index is 1.61. The topological polar surface area (TPSA) is 56.3 Å². The molecule has 6 heteroatoms. The van der Waals surface area contributed by atoms with Gasteiger partial charge >= 0.3 is 0 Å². The molecule has 0 radical (unpaired) electrons. The number of nitrogens with zero attached hydrogens (tertiary/aromatic N) is 1. The predicted molar refractivity (Wildman–Crippen MR) is 147 cm³/mol. The van der Waals surface area contributed by atoms with Crippen molar-refractivity contribution in [1.29, 1.82) is 0 Å². The number of carbonyl (C=O) groups excluding carboxylic acids is 1. The molecule has 4 nitrogen and oxygen atoms in total. The number of aromatic nitrogens is 1. The molecular weight excluding hydrogens is 460 g/mol. The number of rotatable bonds is 4. The second-order valence-corrected chi connectivity index (χ2v) is 12.6. The molecule has 2 heterocycles. The van der Waals surface area contributed by atoms with E-state index in [0.717, 1.165) is 28.6 Å². The van der Waals surface area contributed by atoms with Crippen LogP contribution in [0.2, 0.25) is 0 Å². The Kier molecular flexibility index (Phi) is 6.42. The lowest BCUT2D eigenvalue weighted by atomic mass is 9.78. The van der Waals surface area contributed by atoms with Crippen LogP contribution in [0.5, 0.6) is 5.75 Å². The zero-order chi connectivity index (χ0) is 24.8. The van der Waals surface area contributed by atoms with Crippen molar-refractivity contribution in [3.05, 3.63) is 69.8 Å². The number of H-pyrrole nitrogens is 1. The van der Waals surface area contributed by atoms with Gasteiger partial charge in [-0.05, 0) is 52.7 Å². The third-order valence-electron chi connectivity index (χ3n) is 6.20. The summed E-state index contributed by atoms with van der Waals surface area (Å²) in [5.74, 6) is 0.279. The van der Waals surface area contributed by atoms with Gasteiger partial charge in [-0.2, -0.15) is 0 Å². The van der Waals surface area contributed by atoms with Gasteiger partial charge in [0.15, 0.2) is 0 Å². The first kappa shape index (κ1) is 24.6. The molecule has 0 spiro atoms. The van der Waals surface area contributed by atoms with Crippen LogP contribution in [0.15, 0.2) is 47.5 Å². The average Bonchev–Trinajstić information content (AvgIpc) is 3.26. The molecule has 1 fully saturated rings. The van der Waals surface area contributed by atoms with Crippen LogP contribution in [-0.4, -0.2) is 31.8 Å². The first-order chi connectivity index (χ1) is 15.9. The number of aromatic amines is 1. The van der Waals surface area contributed by atoms with Crippen molar-refractivity contribution < 1.29 is 9.90 Å². The number of para-hydroxylation sites is 1. The van der Waals surface area contributed by atoms with E-state index in [1.807, 2.05) is 36.5 Å². The molecule has 0 bridgehead atoms. The van der Waals surface area contributed by atoms with E-state index in [-0.39, 0.29) is 16.7 Å². The maximum Gasteiger partial charge on any atom is 0.266 e. The van der Waals surface area contributed by atoms with E-state index < -0.39 is 0 Å². The van der Waals surface area contributed by atoms with Crippen LogP contribution in [-0.2, 0) is 22.0 Å². The Bertz CT molecular complexity index is 1270. The average molecular weight is 493 g/mol. The number of thiocarbonyl (C=S) groups is 1. The molecule has 0 saturated carbocycles. The van der Waals surface area contributed by atoms with E-state index in [4.69, 9.17) is 12.2 Å². The highest BCUT2D eigenvalue weighted by molar-refractivity contribution is 8.26. The van der Waals surface area contributed by atoms with Gasteiger partial charge in [-0.3, -0.25) is 9.69 Å². The molecule has 0 atom stereocenters. The normalized spacial score (nSPS) is 16.3. The standard InChI is InChI=1S/C28H32N2O2S2/c1-27(2,3)20-13-17(14-21(24(20)31)28(4,5)6)15-23-25(32)30(26(33)34-23)12-11-18-16-29-22-10-8-7-9-19(18)22/h7-10,13-16,29,31H,11-12H2,1-6H3/b23-15-. The largest absolute Gasteiger partial charge is 0.507 e. The van der Waals surface area contributed by atoms with Crippen molar-refractivity contribution in [1.82, 2.24) is 9.88 Å². The van der Waals surface area contributed by atoms with Gasteiger partial charge in [-0.15, -0.1) is 0 Å². The summed E-state index contributed by atoms with van der Waals surface area (Å²) < 4.78 is 0.585. The fourth-order valence-electron chi connectivity index (χ4n) is 4.30. The van der Waals surface area contributed by atoms with E-state index in [2.05, 4.69) is 58.7 Å². The van der Waals surface area contributed by atoms with E-state index in [1.165, 1.54) is 22.7 Å². The lowest BCUT2D eigenvalue weighted by molar-refractivity contribution is -0.122. The molecule has 178 valence electrons. The highest BCUT2D eigenvalue weighted by Gasteiger charge is 2.32. The number of hydrogen-bond donors (Lipinski definition) is 2. The predicted octanol–water partition coefficient (Wildman–Crippen LogP) is 6.91. The minimum atomic E-state index is -0.230. The molecule has 4 rings (SSSR count). The van der Waals surface area contributed by atoms with Crippen molar-refractivity contribution in [2.24, 2.45) is 0 Å². The number of fused-ring (bicyclic) bond motifs is 1. The van der Waals surface area contributed by atoms with Gasteiger partial charge in [0.05, 0.1) is 4.91 Å². The van der Waals surface area contributed by atoms with Crippen molar-refractivity contribution in [2.75, 3.05) is 6.54 Å². The Labute approximate surface area is 211 Å². The summed E-state index contributed by atoms with van der Waals surface area (Å²) in [5.41, 5.74) is 4.47. The van der Waals surface area contributed by atoms with E-state index in [1.54, 1.807) is 4.90 Å². The van der Waals surface area contributed by atoms with Gasteiger partial charge in [0.1, 0.15) is 10.1 Å². The summed E-state index contributed by atoms with van der Waals surface area (Å²) in [6.45, 7) is 13.1. The number of hydrogen-bond acceptors (Lipinski definition) is 4. The fourth-order valence-corrected chi connectivity index (χ4v) is 5.61. The molecule has 1 aliphatic heterocycles. The van der Waals surface area contributed by atoms with Crippen molar-refractivity contribution in [2.45, 2.75) is 58.8 Å². The number of carbonyl (C=O) groups is 1. The van der Waals surface area contributed by atoms with E-state index in [9.17, 15) is 9.90 Å². The van der Waals surface area contributed by atoms with Crippen molar-refractivity contribution in [3.63, 3.8) is 0 Å². The van der Waals surface area contributed by atoms with Gasteiger partial charge in [0.25, 0.3) is 5.91 Å². The number of benzene rings is 2. The Morgan fingerprint density at radius 2 is 1.68 bits per heavy atom. The molecule has 2 aromatic carbocycles. The van der Waals surface area contributed by atoms with Crippen molar-refractivity contribution in [3.8, 4) is 5.75 Å². The second-order valence-electron chi connectivity index (χ2n) is 10.9. The van der Waals surface area contributed by atoms with Crippen LogP contribution in [0.1, 0.15) is 63.8 Å². The van der Waals surface area contributed by atoms with Crippen molar-refractivity contribution >= 4 is 51.2 Å². The molecule has 1 aliphatic rings. The number of nitrogens with one attached hydrogen (secondary N) is 1. The lowest BCUT2D eigenvalue weighted by Gasteiger charge is -2.28. The number of amides is 1. The first-order valence-corrected chi connectivity index (χ1v) is 12.8. The van der Waals surface area contributed by atoms with Crippen LogP contribution in [0, 0.1) is 0 Å². The smallest absolute Gasteiger partial charge is 0.266 e. The highest BCUT2D eigenvalue weighted by atomic mass is 32.2. The second kappa shape index (κ2) is 8.90. The quantitative estimate of drug-likeness (QED) is 0.307. The van der Waals surface area contributed by atoms with Gasteiger partial charge in [-0.25, -0.2) is 0 Å². The van der Waals surface area contributed by atoms with Gasteiger partial charge < -0.3 is 10.1 Å². The number of phenolic OH excluding ortho intramolecular Hbond substituents is 1. The third-order valence-corrected chi connectivity index (χ3v) is 7.58. The number of aromatic hydroxyl groups is 1. The fraction of sp³-hybridized carbons (Fsp3) is 0.357. The minimum absolute atomic E-state index is 0.0578. The molecule has 0 aliphatic carbocycles. The monoisotopic (exact) mass is 492 g/mol. The summed E-state index contributed by atoms with van der Waals surface area (Å²) >= 11 is 6.92. The molecule has 3 aromatic rings. The van der Waals surface area contributed by atoms with Crippen LogP contribution in [0.3, 0.4) is 0 Å². The zero-order valence-corrected chi connectivity index (χ0v) is 22.3. The summed E-state index contributed by atoms with van der Waals surface area (Å²) in [7, 11) is 0. The molecule has 1 amide bonds. The van der Waals surface area contributed by atoms with Crippen LogP contribution < -0.4 is 0 Å². The van der Waals surface area contributed by atoms with Gasteiger partial charge in [0, 0.05) is 34.8 Å². The zero-order valence-electron chi connectivity index (χ0n) is 20.7. The lowest BCUT2D eigenvalue weighted by Crippen LogP contribution is -2.30. The highest BCUT2D eigenvalue weighted by Crippen LogP contribution is 2.41. The maximum atomic E-state index is 13.3. The SMILES string of the molecule is CC(C)(C)c1cc(/C=C2\SC(=S)N(CCc3c[nH]c4ccccc34)C2=O)cc(C(C)(C)C)c1O. The van der Waals surface area contributed by atoms with Crippen LogP contribution in [0.25, 0.3) is 17.0 Å². The van der Waals surface area contributed by atoms with E-state index >= 15 is 0 Å². The van der Waals surface area contributed by atoms with Gasteiger partial charge in [0.2, 0.25) is 0 Å². The Hall–Kier alpha value is -2.57. The summed E-state index contributed by atoms with van der Waals surface area (Å²) in [6.07, 6.45) is 4.65. The number of thioether (sulfide) groups is 1. The summed E-state index contributed by atoms with van der Waals surface area (Å²) in [4.78, 5) is 18.9. The van der Waals surface area contributed by atoms with E-state index in [0.29, 0.717) is 21.5 Å². The molecule has 0 unspecified atom stereocenters. The maximum absolute atomic E-state index is 13.3. The molecule has 34 heavy (non-hydrogen) atoms. The Morgan fingerprint density at radius 1 is 1.06 bits per heavy atom. The summed E-state index contributed by atoms with van der Waals surface area (Å²) in [6, 6.07) is 12.2. The first-order valence-electron chi connectivity index (χ1n) is 11.5. The summed E-state index contributed by atoms with van der Waals surface area (Å²) in [5, 5.41) is 12.2. The van der Waals surface area contributed by atoms with Gasteiger partial charge in [-0.1, -0.05) is 83.7 Å². The molecule has 1 aromatic heterocycles. The molecule has 1 saturated heterocycles. The van der Waals surface area contributed by atoms with Crippen LogP contribution in [0.4, 0.5) is 0 Å². The third kappa shape index (κ3) is 4.80. The van der Waals surface area contributed by atoms with Crippen LogP contribution >= 0.6 is 24.0 Å². The minimum Gasteiger partial charge on any atom is -0.507 e. The number of phenols is 1. The Morgan fingerprint density at radius 3 is 2.29 bits per heavy atom. The molecule has 2 N–H and O–H groups in total.